The van der Waals surface area contributed by atoms with Crippen LogP contribution < -0.4 is 10.3 Å². The number of thiophene rings is 1. The average Bonchev–Trinajstić information content (AvgIpc) is 3.35. The monoisotopic (exact) mass is 482 g/mol. The highest BCUT2D eigenvalue weighted by Crippen LogP contribution is 2.35. The predicted molar refractivity (Wildman–Crippen MR) is 132 cm³/mol. The summed E-state index contributed by atoms with van der Waals surface area (Å²) in [6.07, 6.45) is 0.879. The van der Waals surface area contributed by atoms with Crippen molar-refractivity contribution in [2.75, 3.05) is 20.2 Å². The summed E-state index contributed by atoms with van der Waals surface area (Å²) in [6, 6.07) is 7.58. The molecule has 5 rings (SSSR count). The van der Waals surface area contributed by atoms with E-state index in [9.17, 15) is 4.79 Å². The van der Waals surface area contributed by atoms with Gasteiger partial charge in [0.15, 0.2) is 5.16 Å². The Morgan fingerprint density at radius 3 is 2.88 bits per heavy atom. The fraction of sp³-hybridized carbons (Fsp3) is 0.375. The second kappa shape index (κ2) is 8.96. The van der Waals surface area contributed by atoms with E-state index in [1.54, 1.807) is 23.0 Å². The van der Waals surface area contributed by atoms with Crippen molar-refractivity contribution in [2.24, 2.45) is 0 Å². The summed E-state index contributed by atoms with van der Waals surface area (Å²) in [4.78, 5) is 23.5. The van der Waals surface area contributed by atoms with E-state index in [1.807, 2.05) is 38.1 Å². The van der Waals surface area contributed by atoms with Crippen LogP contribution in [0.25, 0.3) is 15.9 Å². The molecule has 3 aromatic heterocycles. The summed E-state index contributed by atoms with van der Waals surface area (Å²) in [5.74, 6) is 2.12. The third-order valence-electron chi connectivity index (χ3n) is 6.21. The SMILES string of the molecule is CCN1CCc2c(sc3nc(SCc4c(C)noc4C)n(-c4cccc(OC)c4)c(=O)c23)C1. The van der Waals surface area contributed by atoms with Crippen molar-refractivity contribution in [1.29, 1.82) is 0 Å². The summed E-state index contributed by atoms with van der Waals surface area (Å²) in [7, 11) is 1.63. The molecule has 0 N–H and O–H groups in total. The Bertz CT molecular complexity index is 1370. The van der Waals surface area contributed by atoms with Crippen molar-refractivity contribution in [3.05, 3.63) is 62.1 Å². The van der Waals surface area contributed by atoms with Crippen LogP contribution >= 0.6 is 23.1 Å². The predicted octanol–water partition coefficient (Wildman–Crippen LogP) is 4.73. The van der Waals surface area contributed by atoms with Gasteiger partial charge in [-0.2, -0.15) is 0 Å². The number of aromatic nitrogens is 3. The molecule has 4 heterocycles. The quantitative estimate of drug-likeness (QED) is 0.291. The van der Waals surface area contributed by atoms with Gasteiger partial charge in [0.05, 0.1) is 23.9 Å². The van der Waals surface area contributed by atoms with E-state index >= 15 is 0 Å². The van der Waals surface area contributed by atoms with Gasteiger partial charge in [-0.3, -0.25) is 14.3 Å². The molecule has 0 unspecified atom stereocenters. The Balaban J connectivity index is 1.67. The number of methoxy groups -OCH3 is 1. The molecular formula is C24H26N4O3S2. The summed E-state index contributed by atoms with van der Waals surface area (Å²) in [6.45, 7) is 8.88. The molecule has 0 radical (unpaired) electrons. The smallest absolute Gasteiger partial charge is 0.267 e. The Labute approximate surface area is 200 Å². The molecule has 0 saturated heterocycles. The molecule has 1 aromatic carbocycles. The van der Waals surface area contributed by atoms with Crippen LogP contribution in [0.2, 0.25) is 0 Å². The van der Waals surface area contributed by atoms with Crippen molar-refractivity contribution in [3.63, 3.8) is 0 Å². The van der Waals surface area contributed by atoms with Gasteiger partial charge in [-0.1, -0.05) is 29.9 Å². The molecule has 172 valence electrons. The number of ether oxygens (including phenoxy) is 1. The largest absolute Gasteiger partial charge is 0.497 e. The average molecular weight is 483 g/mol. The van der Waals surface area contributed by atoms with Crippen LogP contribution in [-0.4, -0.2) is 39.8 Å². The molecule has 0 atom stereocenters. The molecule has 0 aliphatic carbocycles. The van der Waals surface area contributed by atoms with Gasteiger partial charge in [0, 0.05) is 35.3 Å². The first-order valence-corrected chi connectivity index (χ1v) is 12.8. The van der Waals surface area contributed by atoms with Gasteiger partial charge in [0.2, 0.25) is 0 Å². The maximum absolute atomic E-state index is 14.0. The zero-order valence-corrected chi connectivity index (χ0v) is 20.8. The first kappa shape index (κ1) is 22.2. The lowest BCUT2D eigenvalue weighted by Gasteiger charge is -2.25. The molecule has 0 bridgehead atoms. The van der Waals surface area contributed by atoms with E-state index < -0.39 is 0 Å². The van der Waals surface area contributed by atoms with Crippen LogP contribution in [0.3, 0.4) is 0 Å². The molecule has 4 aromatic rings. The van der Waals surface area contributed by atoms with Gasteiger partial charge in [-0.25, -0.2) is 4.98 Å². The fourth-order valence-corrected chi connectivity index (χ4v) is 6.73. The number of aryl methyl sites for hydroxylation is 2. The summed E-state index contributed by atoms with van der Waals surface area (Å²) in [5.41, 5.74) is 3.80. The maximum Gasteiger partial charge on any atom is 0.267 e. The van der Waals surface area contributed by atoms with Crippen LogP contribution in [0.1, 0.15) is 34.4 Å². The molecule has 1 aliphatic heterocycles. The number of rotatable bonds is 6. The van der Waals surface area contributed by atoms with Crippen LogP contribution in [0.4, 0.5) is 0 Å². The topological polar surface area (TPSA) is 73.4 Å². The van der Waals surface area contributed by atoms with Crippen molar-refractivity contribution >= 4 is 33.3 Å². The van der Waals surface area contributed by atoms with Gasteiger partial charge in [0.25, 0.3) is 5.56 Å². The molecule has 0 fully saturated rings. The zero-order chi connectivity index (χ0) is 23.1. The number of likely N-dealkylation sites (N-methyl/N-ethyl adjacent to an activating group) is 1. The van der Waals surface area contributed by atoms with E-state index in [4.69, 9.17) is 14.2 Å². The van der Waals surface area contributed by atoms with Gasteiger partial charge in [-0.15, -0.1) is 11.3 Å². The lowest BCUT2D eigenvalue weighted by Crippen LogP contribution is -2.30. The number of hydrogen-bond acceptors (Lipinski definition) is 8. The highest BCUT2D eigenvalue weighted by atomic mass is 32.2. The second-order valence-corrected chi connectivity index (χ2v) is 10.2. The Kier molecular flexibility index (Phi) is 6.03. The Morgan fingerprint density at radius 2 is 2.15 bits per heavy atom. The van der Waals surface area contributed by atoms with Crippen LogP contribution in [0.15, 0.2) is 38.7 Å². The number of fused-ring (bicyclic) bond motifs is 3. The Hall–Kier alpha value is -2.62. The Morgan fingerprint density at radius 1 is 1.30 bits per heavy atom. The molecule has 9 heteroatoms. The van der Waals surface area contributed by atoms with E-state index in [1.165, 1.54) is 16.6 Å². The maximum atomic E-state index is 14.0. The summed E-state index contributed by atoms with van der Waals surface area (Å²) in [5, 5.41) is 5.48. The van der Waals surface area contributed by atoms with E-state index in [0.29, 0.717) is 16.7 Å². The van der Waals surface area contributed by atoms with Gasteiger partial charge in [0.1, 0.15) is 16.3 Å². The lowest BCUT2D eigenvalue weighted by atomic mass is 10.1. The minimum absolute atomic E-state index is 0.0167. The van der Waals surface area contributed by atoms with E-state index in [2.05, 4.69) is 17.0 Å². The van der Waals surface area contributed by atoms with Crippen LogP contribution in [0, 0.1) is 13.8 Å². The highest BCUT2D eigenvalue weighted by molar-refractivity contribution is 7.98. The number of thioether (sulfide) groups is 1. The normalized spacial score (nSPS) is 14.1. The molecule has 1 aliphatic rings. The number of nitrogens with zero attached hydrogens (tertiary/aromatic N) is 4. The molecule has 0 spiro atoms. The number of hydrogen-bond donors (Lipinski definition) is 0. The summed E-state index contributed by atoms with van der Waals surface area (Å²) >= 11 is 3.18. The number of benzene rings is 1. The van der Waals surface area contributed by atoms with E-state index in [0.717, 1.165) is 64.5 Å². The molecule has 0 amide bonds. The molecule has 33 heavy (non-hydrogen) atoms. The molecular weight excluding hydrogens is 456 g/mol. The van der Waals surface area contributed by atoms with Crippen molar-refractivity contribution in [3.8, 4) is 11.4 Å². The van der Waals surface area contributed by atoms with Gasteiger partial charge >= 0.3 is 0 Å². The van der Waals surface area contributed by atoms with Crippen molar-refractivity contribution < 1.29 is 9.26 Å². The third-order valence-corrected chi connectivity index (χ3v) is 8.28. The van der Waals surface area contributed by atoms with Crippen molar-refractivity contribution in [2.45, 2.75) is 44.6 Å². The van der Waals surface area contributed by atoms with Gasteiger partial charge in [-0.05, 0) is 44.5 Å². The second-order valence-electron chi connectivity index (χ2n) is 8.13. The fourth-order valence-electron chi connectivity index (χ4n) is 4.27. The molecule has 7 nitrogen and oxygen atoms in total. The van der Waals surface area contributed by atoms with Crippen molar-refractivity contribution in [1.82, 2.24) is 19.6 Å². The highest BCUT2D eigenvalue weighted by Gasteiger charge is 2.25. The van der Waals surface area contributed by atoms with E-state index in [-0.39, 0.29) is 5.56 Å². The summed E-state index contributed by atoms with van der Waals surface area (Å²) < 4.78 is 12.5. The van der Waals surface area contributed by atoms with Crippen LogP contribution in [-0.2, 0) is 18.7 Å². The molecule has 0 saturated carbocycles. The first-order valence-electron chi connectivity index (χ1n) is 11.0. The zero-order valence-electron chi connectivity index (χ0n) is 19.2. The van der Waals surface area contributed by atoms with Crippen LogP contribution in [0.5, 0.6) is 5.75 Å². The first-order chi connectivity index (χ1) is 16.0. The minimum atomic E-state index is -0.0167. The standard InChI is InChI=1S/C24H26N4O3S2/c1-5-27-10-9-18-20(12-27)33-22-21(18)23(29)28(16-7-6-8-17(11-16)30-4)24(25-22)32-13-19-14(2)26-31-15(19)3/h6-8,11H,5,9-10,12-13H2,1-4H3. The van der Waals surface area contributed by atoms with Gasteiger partial charge < -0.3 is 9.26 Å². The minimum Gasteiger partial charge on any atom is -0.497 e. The lowest BCUT2D eigenvalue weighted by molar-refractivity contribution is 0.272. The third kappa shape index (κ3) is 3.98.